The molecule has 0 bridgehead atoms. The van der Waals surface area contributed by atoms with Crippen LogP contribution in [0.2, 0.25) is 16.6 Å². The van der Waals surface area contributed by atoms with Gasteiger partial charge in [-0.1, -0.05) is 0 Å². The quantitative estimate of drug-likeness (QED) is 0.326. The Bertz CT molecular complexity index is 373. The second-order valence-electron chi connectivity index (χ2n) is 4.09. The fraction of sp³-hybridized carbons (Fsp3) is 1.00. The number of aliphatic hydroxyl groups excluding tert-OH is 3. The first-order chi connectivity index (χ1) is 7.42. The fourth-order valence-electron chi connectivity index (χ4n) is 1.07. The first-order valence-electron chi connectivity index (χ1n) is 4.62. The van der Waals surface area contributed by atoms with E-state index in [0.29, 0.717) is 0 Å². The maximum absolute atomic E-state index is 11.4. The van der Waals surface area contributed by atoms with Gasteiger partial charge in [-0.3, -0.25) is 0 Å². The van der Waals surface area contributed by atoms with Gasteiger partial charge in [-0.25, -0.2) is 0 Å². The third-order valence-corrected chi connectivity index (χ3v) is 4.87. The Morgan fingerprint density at radius 1 is 1.18 bits per heavy atom. The molecular formula is C7H17AsO8S. The average Bonchev–Trinajstić information content (AvgIpc) is 2.08. The summed E-state index contributed by atoms with van der Waals surface area (Å²) in [5.41, 5.74) is 2.91. The van der Waals surface area contributed by atoms with Gasteiger partial charge < -0.3 is 0 Å². The number of aliphatic hydroxyl groups is 3. The van der Waals surface area contributed by atoms with Crippen molar-refractivity contribution in [1.29, 1.82) is 0 Å². The van der Waals surface area contributed by atoms with E-state index in [-0.39, 0.29) is 5.21 Å². The first-order valence-corrected chi connectivity index (χ1v) is 11.8. The zero-order valence-corrected chi connectivity index (χ0v) is 12.1. The molecule has 0 aliphatic heterocycles. The molecule has 0 rings (SSSR count). The summed E-state index contributed by atoms with van der Waals surface area (Å²) in [4.78, 5) is 0. The Hall–Kier alpha value is 0.108. The molecule has 0 saturated carbocycles. The zero-order valence-electron chi connectivity index (χ0n) is 9.42. The van der Waals surface area contributed by atoms with Gasteiger partial charge in [0.2, 0.25) is 0 Å². The molecular weight excluding hydrogens is 319 g/mol. The van der Waals surface area contributed by atoms with Gasteiger partial charge in [0.05, 0.1) is 0 Å². The van der Waals surface area contributed by atoms with E-state index in [1.165, 1.54) is 11.4 Å². The van der Waals surface area contributed by atoms with Gasteiger partial charge in [-0.05, 0) is 0 Å². The van der Waals surface area contributed by atoms with Crippen LogP contribution in [0.1, 0.15) is 0 Å². The molecule has 0 aromatic heterocycles. The molecule has 0 saturated heterocycles. The zero-order chi connectivity index (χ0) is 13.9. The van der Waals surface area contributed by atoms with Crippen molar-refractivity contribution < 1.29 is 36.2 Å². The first kappa shape index (κ1) is 17.1. The second kappa shape index (κ2) is 6.33. The van der Waals surface area contributed by atoms with Crippen LogP contribution < -0.4 is 0 Å². The van der Waals surface area contributed by atoms with Crippen molar-refractivity contribution in [3.8, 4) is 0 Å². The maximum atomic E-state index is 11.4. The van der Waals surface area contributed by atoms with E-state index in [2.05, 4.69) is 4.18 Å². The third-order valence-electron chi connectivity index (χ3n) is 1.80. The predicted molar refractivity (Wildman–Crippen MR) is 58.5 cm³/mol. The molecule has 0 fully saturated rings. The molecule has 0 amide bonds. The summed E-state index contributed by atoms with van der Waals surface area (Å²) in [7, 11) is -4.72. The van der Waals surface area contributed by atoms with Crippen molar-refractivity contribution in [2.75, 3.05) is 6.61 Å². The molecule has 0 spiro atoms. The predicted octanol–water partition coefficient (Wildman–Crippen LogP) is -1.48. The van der Waals surface area contributed by atoms with E-state index >= 15 is 0 Å². The normalized spacial score (nSPS) is 18.7. The summed E-state index contributed by atoms with van der Waals surface area (Å²) in [5.74, 6) is 0. The molecule has 0 heterocycles. The van der Waals surface area contributed by atoms with Crippen LogP contribution in [0.25, 0.3) is 0 Å². The standard InChI is InChI=1S/C7H17AsO8S/c1-8(2,12)3-5(9)7(11)6(10)4-16-17(13,14)15/h5-7,9-11H,3-4H2,1-2H3,(H,13,14,15)/t5-,6+,7-/m1/s1. The molecule has 104 valence electrons. The SMILES string of the molecule is C[As](C)(=O)C[C@@H](O)[C@@H](O)[C@@H](O)COS(=O)(=O)O. The van der Waals surface area contributed by atoms with Crippen LogP contribution in [0.3, 0.4) is 0 Å². The molecule has 0 aromatic carbocycles. The molecule has 0 aliphatic carbocycles. The fourth-order valence-corrected chi connectivity index (χ4v) is 3.72. The van der Waals surface area contributed by atoms with Gasteiger partial charge in [0.1, 0.15) is 0 Å². The number of hydrogen-bond acceptors (Lipinski definition) is 7. The van der Waals surface area contributed by atoms with Gasteiger partial charge in [-0.15, -0.1) is 0 Å². The van der Waals surface area contributed by atoms with E-state index in [9.17, 15) is 27.5 Å². The van der Waals surface area contributed by atoms with Crippen LogP contribution in [0.15, 0.2) is 0 Å². The Balaban J connectivity index is 4.30. The summed E-state index contributed by atoms with van der Waals surface area (Å²) in [6, 6.07) is 0. The minimum absolute atomic E-state index is 0.164. The van der Waals surface area contributed by atoms with Crippen molar-refractivity contribution in [1.82, 2.24) is 0 Å². The molecule has 3 atom stereocenters. The van der Waals surface area contributed by atoms with E-state index in [1.54, 1.807) is 0 Å². The third kappa shape index (κ3) is 8.78. The summed E-state index contributed by atoms with van der Waals surface area (Å²) >= 11 is -3.19. The summed E-state index contributed by atoms with van der Waals surface area (Å²) < 4.78 is 43.9. The molecule has 0 aliphatic rings. The van der Waals surface area contributed by atoms with Crippen molar-refractivity contribution in [3.63, 3.8) is 0 Å². The topological polar surface area (TPSA) is 141 Å². The molecule has 0 radical (unpaired) electrons. The minimum atomic E-state index is -4.72. The van der Waals surface area contributed by atoms with Gasteiger partial charge in [0.15, 0.2) is 0 Å². The van der Waals surface area contributed by atoms with E-state index in [4.69, 9.17) is 4.55 Å². The summed E-state index contributed by atoms with van der Waals surface area (Å²) in [6.45, 7) is -0.901. The van der Waals surface area contributed by atoms with Crippen molar-refractivity contribution >= 4 is 23.9 Å². The number of hydrogen-bond donors (Lipinski definition) is 4. The van der Waals surface area contributed by atoms with Crippen LogP contribution in [0.5, 0.6) is 0 Å². The van der Waals surface area contributed by atoms with Gasteiger partial charge in [0, 0.05) is 0 Å². The van der Waals surface area contributed by atoms with Gasteiger partial charge in [0.25, 0.3) is 0 Å². The van der Waals surface area contributed by atoms with Crippen LogP contribution in [0, 0.1) is 0 Å². The molecule has 8 nitrogen and oxygen atoms in total. The van der Waals surface area contributed by atoms with E-state index in [0.717, 1.165) is 0 Å². The molecule has 10 heteroatoms. The van der Waals surface area contributed by atoms with Crippen LogP contribution >= 0.6 is 0 Å². The molecule has 0 unspecified atom stereocenters. The number of rotatable bonds is 7. The van der Waals surface area contributed by atoms with Crippen LogP contribution in [-0.4, -0.2) is 66.7 Å². The van der Waals surface area contributed by atoms with Crippen molar-refractivity contribution in [2.45, 2.75) is 34.9 Å². The van der Waals surface area contributed by atoms with Crippen LogP contribution in [0.4, 0.5) is 0 Å². The van der Waals surface area contributed by atoms with Crippen molar-refractivity contribution in [2.24, 2.45) is 0 Å². The van der Waals surface area contributed by atoms with Gasteiger partial charge >= 0.3 is 102 Å². The average molecular weight is 336 g/mol. The molecule has 17 heavy (non-hydrogen) atoms. The summed E-state index contributed by atoms with van der Waals surface area (Å²) in [6.07, 6.45) is -4.87. The van der Waals surface area contributed by atoms with E-state index in [1.807, 2.05) is 0 Å². The van der Waals surface area contributed by atoms with Crippen LogP contribution in [-0.2, 0) is 18.3 Å². The molecule has 4 N–H and O–H groups in total. The second-order valence-corrected chi connectivity index (χ2v) is 12.6. The van der Waals surface area contributed by atoms with Gasteiger partial charge in [-0.2, -0.15) is 0 Å². The Morgan fingerprint density at radius 3 is 2.00 bits per heavy atom. The van der Waals surface area contributed by atoms with E-state index < -0.39 is 48.8 Å². The monoisotopic (exact) mass is 336 g/mol. The Morgan fingerprint density at radius 2 is 1.65 bits per heavy atom. The molecule has 0 aromatic rings. The Kier molecular flexibility index (Phi) is 6.37. The Labute approximate surface area is 102 Å². The van der Waals surface area contributed by atoms with Crippen molar-refractivity contribution in [3.05, 3.63) is 0 Å². The summed E-state index contributed by atoms with van der Waals surface area (Å²) in [5, 5.41) is 27.9.